The molecule has 0 fully saturated rings. The third-order valence-electron chi connectivity index (χ3n) is 2.24. The molecule has 0 saturated carbocycles. The molecule has 0 aliphatic heterocycles. The van der Waals surface area contributed by atoms with Gasteiger partial charge in [-0.1, -0.05) is 18.5 Å². The number of nitrogens with zero attached hydrogens (tertiary/aromatic N) is 2. The van der Waals surface area contributed by atoms with Crippen LogP contribution in [-0.2, 0) is 4.79 Å². The van der Waals surface area contributed by atoms with Gasteiger partial charge in [-0.3, -0.25) is 4.79 Å². The molecule has 0 aliphatic carbocycles. The Bertz CT molecular complexity index is 454. The second-order valence-electron chi connectivity index (χ2n) is 3.59. The Morgan fingerprint density at radius 3 is 2.82 bits per heavy atom. The number of carboxylic acids is 1. The van der Waals surface area contributed by atoms with Crippen molar-refractivity contribution in [3.63, 3.8) is 0 Å². The van der Waals surface area contributed by atoms with Gasteiger partial charge in [-0.15, -0.1) is 0 Å². The lowest BCUT2D eigenvalue weighted by Gasteiger charge is -2.23. The number of hydrogen-bond acceptors (Lipinski definition) is 3. The minimum absolute atomic E-state index is 0.121. The second kappa shape index (κ2) is 6.12. The van der Waals surface area contributed by atoms with E-state index in [1.54, 1.807) is 23.1 Å². The Morgan fingerprint density at radius 1 is 1.59 bits per heavy atom. The zero-order valence-corrected chi connectivity index (χ0v) is 10.2. The third-order valence-corrected chi connectivity index (χ3v) is 2.47. The molecule has 0 atom stereocenters. The topological polar surface area (TPSA) is 64.3 Å². The minimum Gasteiger partial charge on any atom is -0.480 e. The molecule has 0 radical (unpaired) electrons. The van der Waals surface area contributed by atoms with Gasteiger partial charge in [-0.05, 0) is 24.6 Å². The van der Waals surface area contributed by atoms with Gasteiger partial charge in [-0.25, -0.2) is 0 Å². The van der Waals surface area contributed by atoms with Gasteiger partial charge in [0.1, 0.15) is 12.6 Å². The summed E-state index contributed by atoms with van der Waals surface area (Å²) in [5.74, 6) is -0.919. The largest absolute Gasteiger partial charge is 0.480 e. The lowest BCUT2D eigenvalue weighted by atomic mass is 10.1. The van der Waals surface area contributed by atoms with Crippen LogP contribution in [0.3, 0.4) is 0 Å². The van der Waals surface area contributed by atoms with E-state index in [1.807, 2.05) is 13.0 Å². The highest BCUT2D eigenvalue weighted by Crippen LogP contribution is 2.23. The lowest BCUT2D eigenvalue weighted by Crippen LogP contribution is -2.30. The number of rotatable bonds is 5. The van der Waals surface area contributed by atoms with E-state index in [4.69, 9.17) is 22.0 Å². The lowest BCUT2D eigenvalue weighted by molar-refractivity contribution is -0.135. The molecule has 1 N–H and O–H groups in total. The van der Waals surface area contributed by atoms with E-state index in [0.717, 1.165) is 6.42 Å². The quantitative estimate of drug-likeness (QED) is 0.875. The van der Waals surface area contributed by atoms with Gasteiger partial charge in [-0.2, -0.15) is 5.26 Å². The van der Waals surface area contributed by atoms with Crippen LogP contribution in [0.2, 0.25) is 5.02 Å². The molecule has 0 amide bonds. The molecular formula is C12H13ClN2O2. The van der Waals surface area contributed by atoms with Crippen LogP contribution in [0, 0.1) is 11.3 Å². The van der Waals surface area contributed by atoms with Crippen LogP contribution in [0.1, 0.15) is 18.9 Å². The maximum Gasteiger partial charge on any atom is 0.323 e. The second-order valence-corrected chi connectivity index (χ2v) is 4.03. The maximum absolute atomic E-state index is 10.8. The zero-order valence-electron chi connectivity index (χ0n) is 9.48. The number of carbonyl (C=O) groups is 1. The Kier molecular flexibility index (Phi) is 4.80. The molecule has 0 aliphatic rings. The van der Waals surface area contributed by atoms with Crippen LogP contribution in [0.4, 0.5) is 5.69 Å². The van der Waals surface area contributed by atoms with Crippen molar-refractivity contribution in [2.75, 3.05) is 18.0 Å². The van der Waals surface area contributed by atoms with Crippen molar-refractivity contribution in [1.29, 1.82) is 5.26 Å². The highest BCUT2D eigenvalue weighted by molar-refractivity contribution is 6.30. The van der Waals surface area contributed by atoms with Crippen molar-refractivity contribution in [3.8, 4) is 6.07 Å². The first kappa shape index (κ1) is 13.3. The van der Waals surface area contributed by atoms with Crippen molar-refractivity contribution in [2.24, 2.45) is 0 Å². The van der Waals surface area contributed by atoms with Crippen molar-refractivity contribution in [3.05, 3.63) is 28.8 Å². The number of benzene rings is 1. The van der Waals surface area contributed by atoms with E-state index in [1.165, 1.54) is 0 Å². The monoisotopic (exact) mass is 252 g/mol. The Balaban J connectivity index is 3.09. The molecule has 0 spiro atoms. The van der Waals surface area contributed by atoms with Gasteiger partial charge in [0.05, 0.1) is 11.3 Å². The van der Waals surface area contributed by atoms with Crippen molar-refractivity contribution < 1.29 is 9.90 Å². The number of anilines is 1. The first-order valence-electron chi connectivity index (χ1n) is 5.25. The molecular weight excluding hydrogens is 240 g/mol. The maximum atomic E-state index is 10.8. The van der Waals surface area contributed by atoms with E-state index in [0.29, 0.717) is 22.8 Å². The van der Waals surface area contributed by atoms with Crippen LogP contribution in [-0.4, -0.2) is 24.2 Å². The van der Waals surface area contributed by atoms with Crippen LogP contribution in [0.25, 0.3) is 0 Å². The minimum atomic E-state index is -0.919. The summed E-state index contributed by atoms with van der Waals surface area (Å²) in [6, 6.07) is 6.91. The Morgan fingerprint density at radius 2 is 2.29 bits per heavy atom. The predicted molar refractivity (Wildman–Crippen MR) is 66.3 cm³/mol. The summed E-state index contributed by atoms with van der Waals surface area (Å²) in [7, 11) is 0. The molecule has 0 heterocycles. The van der Waals surface area contributed by atoms with E-state index < -0.39 is 5.97 Å². The number of halogens is 1. The van der Waals surface area contributed by atoms with Crippen LogP contribution in [0.15, 0.2) is 18.2 Å². The van der Waals surface area contributed by atoms with Gasteiger partial charge in [0.25, 0.3) is 0 Å². The summed E-state index contributed by atoms with van der Waals surface area (Å²) in [6.07, 6.45) is 0.806. The molecule has 17 heavy (non-hydrogen) atoms. The molecule has 1 aromatic rings. The van der Waals surface area contributed by atoms with E-state index in [2.05, 4.69) is 0 Å². The average Bonchev–Trinajstić information content (AvgIpc) is 2.27. The van der Waals surface area contributed by atoms with Crippen LogP contribution >= 0.6 is 11.6 Å². The summed E-state index contributed by atoms with van der Waals surface area (Å²) in [6.45, 7) is 2.42. The van der Waals surface area contributed by atoms with Gasteiger partial charge in [0, 0.05) is 11.6 Å². The average molecular weight is 253 g/mol. The first-order valence-corrected chi connectivity index (χ1v) is 5.62. The van der Waals surface area contributed by atoms with E-state index >= 15 is 0 Å². The van der Waals surface area contributed by atoms with E-state index in [-0.39, 0.29) is 6.54 Å². The molecule has 0 aromatic heterocycles. The van der Waals surface area contributed by atoms with Crippen molar-refractivity contribution in [2.45, 2.75) is 13.3 Å². The van der Waals surface area contributed by atoms with Crippen LogP contribution < -0.4 is 4.90 Å². The molecule has 0 saturated heterocycles. The Labute approximate surface area is 105 Å². The fourth-order valence-corrected chi connectivity index (χ4v) is 1.76. The van der Waals surface area contributed by atoms with Gasteiger partial charge in [0.15, 0.2) is 0 Å². The predicted octanol–water partition coefficient (Wildman–Crippen LogP) is 2.51. The smallest absolute Gasteiger partial charge is 0.323 e. The van der Waals surface area contributed by atoms with E-state index in [9.17, 15) is 4.79 Å². The summed E-state index contributed by atoms with van der Waals surface area (Å²) in [5, 5.41) is 18.3. The summed E-state index contributed by atoms with van der Waals surface area (Å²) in [5.41, 5.74) is 1.01. The molecule has 4 nitrogen and oxygen atoms in total. The standard InChI is InChI=1S/C12H13ClN2O2/c1-2-5-15(8-12(16)17)11-4-3-10(13)6-9(11)7-14/h3-4,6H,2,5,8H2,1H3,(H,16,17). The Hall–Kier alpha value is -1.73. The molecule has 1 aromatic carbocycles. The van der Waals surface area contributed by atoms with Gasteiger partial charge in [0.2, 0.25) is 0 Å². The third kappa shape index (κ3) is 3.65. The fourth-order valence-electron chi connectivity index (χ4n) is 1.59. The molecule has 90 valence electrons. The summed E-state index contributed by atoms with van der Waals surface area (Å²) >= 11 is 5.80. The first-order chi connectivity index (χ1) is 8.08. The number of hydrogen-bond donors (Lipinski definition) is 1. The molecule has 1 rings (SSSR count). The van der Waals surface area contributed by atoms with Crippen LogP contribution in [0.5, 0.6) is 0 Å². The summed E-state index contributed by atoms with van der Waals surface area (Å²) < 4.78 is 0. The van der Waals surface area contributed by atoms with Crippen molar-refractivity contribution in [1.82, 2.24) is 0 Å². The molecule has 5 heteroatoms. The number of nitriles is 1. The highest BCUT2D eigenvalue weighted by atomic mass is 35.5. The summed E-state index contributed by atoms with van der Waals surface area (Å²) in [4.78, 5) is 12.4. The highest BCUT2D eigenvalue weighted by Gasteiger charge is 2.13. The van der Waals surface area contributed by atoms with Gasteiger partial charge >= 0.3 is 5.97 Å². The SMILES string of the molecule is CCCN(CC(=O)O)c1ccc(Cl)cc1C#N. The van der Waals surface area contributed by atoms with Gasteiger partial charge < -0.3 is 10.0 Å². The molecule has 0 unspecified atom stereocenters. The normalized spacial score (nSPS) is 9.71. The van der Waals surface area contributed by atoms with Crippen molar-refractivity contribution >= 4 is 23.3 Å². The number of aliphatic carboxylic acids is 1. The number of carboxylic acid groups (broad SMARTS) is 1. The zero-order chi connectivity index (χ0) is 12.8. The molecule has 0 bridgehead atoms. The fraction of sp³-hybridized carbons (Fsp3) is 0.333.